The fraction of sp³-hybridized carbons (Fsp3) is 0.0769. The van der Waals surface area contributed by atoms with Crippen molar-refractivity contribution >= 4 is 22.7 Å². The summed E-state index contributed by atoms with van der Waals surface area (Å²) in [5, 5.41) is 0. The molecule has 0 aliphatic carbocycles. The Morgan fingerprint density at radius 2 is 1.06 bits per heavy atom. The fourth-order valence-electron chi connectivity index (χ4n) is 3.91. The van der Waals surface area contributed by atoms with Gasteiger partial charge < -0.3 is 9.97 Å². The van der Waals surface area contributed by atoms with E-state index in [-0.39, 0.29) is 15.7 Å². The molecule has 0 unspecified atom stereocenters. The van der Waals surface area contributed by atoms with Crippen LogP contribution in [0.4, 0.5) is 0 Å². The smallest absolute Gasteiger partial charge is 0.305 e. The number of aromatic nitrogens is 2. The number of H-pyrrole nitrogens is 2. The van der Waals surface area contributed by atoms with E-state index in [1.165, 1.54) is 22.7 Å². The van der Waals surface area contributed by atoms with Crippen LogP contribution in [-0.4, -0.2) is 9.97 Å². The monoisotopic (exact) mass is 456 g/mol. The average Bonchev–Trinajstić information content (AvgIpc) is 3.39. The maximum atomic E-state index is 12.6. The van der Waals surface area contributed by atoms with E-state index in [0.29, 0.717) is 0 Å². The summed E-state index contributed by atoms with van der Waals surface area (Å²) < 4.78 is 0. The minimum atomic E-state index is -0.256. The summed E-state index contributed by atoms with van der Waals surface area (Å²) in [7, 11) is 0. The fourth-order valence-corrected chi connectivity index (χ4v) is 5.97. The molecule has 5 rings (SSSR count). The third kappa shape index (κ3) is 3.90. The van der Waals surface area contributed by atoms with Crippen LogP contribution in [0.2, 0.25) is 0 Å². The van der Waals surface area contributed by atoms with Crippen molar-refractivity contribution in [3.63, 3.8) is 0 Å². The highest BCUT2D eigenvalue weighted by molar-refractivity contribution is 7.11. The van der Waals surface area contributed by atoms with Crippen molar-refractivity contribution in [3.8, 4) is 22.5 Å². The first-order valence-corrected chi connectivity index (χ1v) is 11.9. The van der Waals surface area contributed by atoms with Crippen LogP contribution in [0.5, 0.6) is 0 Å². The molecule has 0 spiro atoms. The molecule has 0 atom stereocenters. The molecule has 2 aromatic heterocycles. The van der Waals surface area contributed by atoms with Crippen molar-refractivity contribution in [3.05, 3.63) is 125 Å². The maximum Gasteiger partial charge on any atom is 0.305 e. The van der Waals surface area contributed by atoms with Gasteiger partial charge in [-0.15, -0.1) is 0 Å². The van der Waals surface area contributed by atoms with Gasteiger partial charge >= 0.3 is 9.75 Å². The van der Waals surface area contributed by atoms with E-state index >= 15 is 0 Å². The van der Waals surface area contributed by atoms with E-state index in [0.717, 1.165) is 43.4 Å². The Bertz CT molecular complexity index is 1370. The van der Waals surface area contributed by atoms with Crippen molar-refractivity contribution in [2.45, 2.75) is 12.8 Å². The molecule has 0 amide bonds. The van der Waals surface area contributed by atoms with Crippen LogP contribution in [0.1, 0.15) is 26.8 Å². The van der Waals surface area contributed by atoms with Gasteiger partial charge in [0.1, 0.15) is 0 Å². The lowest BCUT2D eigenvalue weighted by Gasteiger charge is -2.18. The molecule has 0 aliphatic rings. The van der Waals surface area contributed by atoms with Gasteiger partial charge in [0.15, 0.2) is 0 Å². The second-order valence-electron chi connectivity index (χ2n) is 7.58. The lowest BCUT2D eigenvalue weighted by atomic mass is 9.90. The van der Waals surface area contributed by atoms with Crippen LogP contribution < -0.4 is 9.75 Å². The second kappa shape index (κ2) is 8.57. The van der Waals surface area contributed by atoms with Crippen LogP contribution in [0.15, 0.2) is 94.5 Å². The zero-order valence-corrected chi connectivity index (χ0v) is 18.9. The number of rotatable bonds is 5. The van der Waals surface area contributed by atoms with Crippen molar-refractivity contribution in [2.75, 3.05) is 0 Å². The molecule has 32 heavy (non-hydrogen) atoms. The van der Waals surface area contributed by atoms with Gasteiger partial charge in [-0.1, -0.05) is 113 Å². The lowest BCUT2D eigenvalue weighted by Crippen LogP contribution is -2.03. The Morgan fingerprint density at radius 3 is 1.50 bits per heavy atom. The first-order valence-electron chi connectivity index (χ1n) is 10.2. The summed E-state index contributed by atoms with van der Waals surface area (Å²) in [5.41, 5.74) is 5.68. The highest BCUT2D eigenvalue weighted by atomic mass is 32.1. The van der Waals surface area contributed by atoms with Crippen LogP contribution >= 0.6 is 22.7 Å². The van der Waals surface area contributed by atoms with Crippen molar-refractivity contribution in [2.24, 2.45) is 0 Å². The Labute approximate surface area is 192 Å². The molecule has 2 N–H and O–H groups in total. The molecule has 0 radical (unpaired) electrons. The SMILES string of the molecule is Cc1ccc(C(c2sc(=O)[nH]c2-c2ccccc2)c2sc(=O)[nH]c2-c2ccccc2)cc1. The Kier molecular flexibility index (Phi) is 5.47. The summed E-state index contributed by atoms with van der Waals surface area (Å²) in [6, 6.07) is 28.0. The van der Waals surface area contributed by atoms with Gasteiger partial charge in [-0.2, -0.15) is 0 Å². The number of thiazole rings is 2. The van der Waals surface area contributed by atoms with Crippen molar-refractivity contribution in [1.82, 2.24) is 9.97 Å². The number of hydrogen-bond donors (Lipinski definition) is 2. The molecule has 3 aromatic carbocycles. The predicted octanol–water partition coefficient (Wildman–Crippen LogP) is 6.01. The average molecular weight is 457 g/mol. The van der Waals surface area contributed by atoms with E-state index in [4.69, 9.17) is 0 Å². The van der Waals surface area contributed by atoms with E-state index in [2.05, 4.69) is 34.2 Å². The third-order valence-corrected chi connectivity index (χ3v) is 7.31. The molecule has 6 heteroatoms. The minimum absolute atomic E-state index is 0.111. The summed E-state index contributed by atoms with van der Waals surface area (Å²) in [6.45, 7) is 2.05. The normalized spacial score (nSPS) is 11.2. The molecule has 0 aliphatic heterocycles. The predicted molar refractivity (Wildman–Crippen MR) is 133 cm³/mol. The lowest BCUT2D eigenvalue weighted by molar-refractivity contribution is 1.02. The van der Waals surface area contributed by atoms with Gasteiger partial charge in [-0.25, -0.2) is 0 Å². The van der Waals surface area contributed by atoms with E-state index < -0.39 is 0 Å². The molecule has 0 fully saturated rings. The van der Waals surface area contributed by atoms with Crippen LogP contribution in [-0.2, 0) is 0 Å². The minimum Gasteiger partial charge on any atom is -0.312 e. The molecule has 0 bridgehead atoms. The quantitative estimate of drug-likeness (QED) is 0.340. The molecule has 0 saturated heterocycles. The highest BCUT2D eigenvalue weighted by Gasteiger charge is 2.28. The Balaban J connectivity index is 1.79. The van der Waals surface area contributed by atoms with Crippen LogP contribution in [0.25, 0.3) is 22.5 Å². The highest BCUT2D eigenvalue weighted by Crippen LogP contribution is 2.43. The molecular weight excluding hydrogens is 436 g/mol. The molecule has 2 heterocycles. The van der Waals surface area contributed by atoms with Gasteiger partial charge in [-0.3, -0.25) is 9.59 Å². The van der Waals surface area contributed by atoms with E-state index in [1.54, 1.807) is 0 Å². The summed E-state index contributed by atoms with van der Waals surface area (Å²) >= 11 is 2.41. The van der Waals surface area contributed by atoms with Crippen LogP contribution in [0.3, 0.4) is 0 Å². The Hall–Kier alpha value is -3.48. The topological polar surface area (TPSA) is 65.7 Å². The number of hydrogen-bond acceptors (Lipinski definition) is 4. The molecule has 158 valence electrons. The standard InChI is InChI=1S/C26H20N2O2S2/c1-16-12-14-17(15-13-16)20(23-21(27-25(29)31-23)18-8-4-2-5-9-18)24-22(28-26(30)32-24)19-10-6-3-7-11-19/h2-15,20H,1H3,(H,27,29)(H,28,30). The second-order valence-corrected chi connectivity index (χ2v) is 9.61. The first-order chi connectivity index (χ1) is 15.6. The number of benzene rings is 3. The molecule has 0 saturated carbocycles. The number of aromatic amines is 2. The summed E-state index contributed by atoms with van der Waals surface area (Å²) in [4.78, 5) is 32.8. The van der Waals surface area contributed by atoms with Gasteiger partial charge in [0.2, 0.25) is 0 Å². The number of nitrogens with one attached hydrogen (secondary N) is 2. The van der Waals surface area contributed by atoms with Crippen molar-refractivity contribution in [1.29, 1.82) is 0 Å². The van der Waals surface area contributed by atoms with Gasteiger partial charge in [0.05, 0.1) is 17.3 Å². The molecule has 5 aromatic rings. The maximum absolute atomic E-state index is 12.6. The van der Waals surface area contributed by atoms with Crippen LogP contribution in [0, 0.1) is 6.92 Å². The largest absolute Gasteiger partial charge is 0.312 e. The van der Waals surface area contributed by atoms with Gasteiger partial charge in [0.25, 0.3) is 0 Å². The zero-order valence-electron chi connectivity index (χ0n) is 17.3. The summed E-state index contributed by atoms with van der Waals surface area (Å²) in [5.74, 6) is -0.256. The van der Waals surface area contributed by atoms with E-state index in [9.17, 15) is 9.59 Å². The van der Waals surface area contributed by atoms with Gasteiger partial charge in [-0.05, 0) is 23.6 Å². The first kappa shape index (κ1) is 20.4. The molecule has 4 nitrogen and oxygen atoms in total. The third-order valence-electron chi connectivity index (χ3n) is 5.41. The van der Waals surface area contributed by atoms with E-state index in [1.807, 2.05) is 67.6 Å². The molecular formula is C26H20N2O2S2. The Morgan fingerprint density at radius 1 is 0.625 bits per heavy atom. The van der Waals surface area contributed by atoms with Crippen molar-refractivity contribution < 1.29 is 0 Å². The summed E-state index contributed by atoms with van der Waals surface area (Å²) in [6.07, 6.45) is 0. The van der Waals surface area contributed by atoms with Gasteiger partial charge in [0, 0.05) is 9.75 Å². The number of aryl methyl sites for hydroxylation is 1. The zero-order chi connectivity index (χ0) is 22.1.